The number of ether oxygens (including phenoxy) is 1. The second kappa shape index (κ2) is 5.49. The molecule has 1 aromatic carbocycles. The molecule has 0 saturated heterocycles. The summed E-state index contributed by atoms with van der Waals surface area (Å²) >= 11 is 0. The zero-order valence-electron chi connectivity index (χ0n) is 11.6. The number of nitrogens with zero attached hydrogens (tertiary/aromatic N) is 2. The van der Waals surface area contributed by atoms with Crippen molar-refractivity contribution in [1.82, 2.24) is 4.90 Å². The summed E-state index contributed by atoms with van der Waals surface area (Å²) in [4.78, 5) is 18.1. The van der Waals surface area contributed by atoms with E-state index in [1.807, 2.05) is 24.5 Å². The van der Waals surface area contributed by atoms with Crippen LogP contribution < -0.4 is 0 Å². The highest BCUT2D eigenvalue weighted by molar-refractivity contribution is 5.94. The third-order valence-corrected chi connectivity index (χ3v) is 3.83. The first kappa shape index (κ1) is 12.9. The number of carbonyl (C=O) groups excluding carboxylic acids is 1. The Bertz CT molecular complexity index is 578. The molecule has 0 fully saturated rings. The number of aryl methyl sites for hydroxylation is 1. The predicted molar refractivity (Wildman–Crippen MR) is 77.8 cm³/mol. The topological polar surface area (TPSA) is 41.9 Å². The van der Waals surface area contributed by atoms with Gasteiger partial charge in [-0.2, -0.15) is 0 Å². The lowest BCUT2D eigenvalue weighted by Gasteiger charge is -2.22. The quantitative estimate of drug-likeness (QED) is 0.790. The number of esters is 1. The van der Waals surface area contributed by atoms with Crippen molar-refractivity contribution in [1.29, 1.82) is 0 Å². The lowest BCUT2D eigenvalue weighted by atomic mass is 9.95. The van der Waals surface area contributed by atoms with Crippen LogP contribution in [0.15, 0.2) is 35.6 Å². The van der Waals surface area contributed by atoms with Crippen molar-refractivity contribution in [3.63, 3.8) is 0 Å². The average molecular weight is 270 g/mol. The van der Waals surface area contributed by atoms with Crippen LogP contribution in [-0.4, -0.2) is 30.2 Å². The third-order valence-electron chi connectivity index (χ3n) is 3.83. The lowest BCUT2D eigenvalue weighted by molar-refractivity contribution is 0.0355. The molecule has 20 heavy (non-hydrogen) atoms. The molecule has 0 amide bonds. The summed E-state index contributed by atoms with van der Waals surface area (Å²) in [6.45, 7) is 3.79. The van der Waals surface area contributed by atoms with Gasteiger partial charge in [0.15, 0.2) is 0 Å². The summed E-state index contributed by atoms with van der Waals surface area (Å²) in [7, 11) is 0. The highest BCUT2D eigenvalue weighted by Crippen LogP contribution is 2.35. The van der Waals surface area contributed by atoms with Gasteiger partial charge in [-0.3, -0.25) is 4.99 Å². The maximum atomic E-state index is 11.9. The Labute approximate surface area is 118 Å². The highest BCUT2D eigenvalue weighted by atomic mass is 16.5. The van der Waals surface area contributed by atoms with Crippen LogP contribution in [-0.2, 0) is 11.2 Å². The summed E-state index contributed by atoms with van der Waals surface area (Å²) in [6.07, 6.45) is 7.27. The van der Waals surface area contributed by atoms with E-state index < -0.39 is 0 Å². The molecule has 2 aliphatic rings. The molecule has 0 saturated carbocycles. The van der Waals surface area contributed by atoms with Crippen LogP contribution in [0.5, 0.6) is 0 Å². The Balaban J connectivity index is 1.75. The number of rotatable bonds is 4. The van der Waals surface area contributed by atoms with Gasteiger partial charge in [-0.05, 0) is 18.1 Å². The molecule has 3 rings (SSSR count). The predicted octanol–water partition coefficient (Wildman–Crippen LogP) is 2.71. The van der Waals surface area contributed by atoms with Gasteiger partial charge in [0.05, 0.1) is 12.1 Å². The van der Waals surface area contributed by atoms with Crippen LogP contribution in [0.4, 0.5) is 0 Å². The first-order valence-electron chi connectivity index (χ1n) is 7.04. The summed E-state index contributed by atoms with van der Waals surface area (Å²) in [5, 5.41) is 0. The fourth-order valence-electron chi connectivity index (χ4n) is 2.79. The van der Waals surface area contributed by atoms with Gasteiger partial charge in [-0.25, -0.2) is 4.79 Å². The van der Waals surface area contributed by atoms with Gasteiger partial charge in [-0.1, -0.05) is 19.1 Å². The monoisotopic (exact) mass is 270 g/mol. The molecule has 0 spiro atoms. The molecule has 0 aliphatic carbocycles. The molecule has 1 unspecified atom stereocenters. The minimum Gasteiger partial charge on any atom is -0.454 e. The average Bonchev–Trinajstić information content (AvgIpc) is 2.83. The Hall–Kier alpha value is -2.10. The molecule has 2 aliphatic heterocycles. The fraction of sp³-hybridized carbons (Fsp3) is 0.375. The molecule has 4 heteroatoms. The number of hydrogen-bond donors (Lipinski definition) is 0. The molecule has 2 heterocycles. The molecular formula is C16H18N2O2. The van der Waals surface area contributed by atoms with Gasteiger partial charge in [0.2, 0.25) is 0 Å². The van der Waals surface area contributed by atoms with Gasteiger partial charge in [0.25, 0.3) is 0 Å². The second-order valence-electron chi connectivity index (χ2n) is 5.04. The van der Waals surface area contributed by atoms with Gasteiger partial charge >= 0.3 is 5.97 Å². The minimum absolute atomic E-state index is 0.110. The van der Waals surface area contributed by atoms with Crippen LogP contribution in [0.3, 0.4) is 0 Å². The Morgan fingerprint density at radius 1 is 1.45 bits per heavy atom. The molecule has 1 aromatic rings. The molecule has 1 atom stereocenters. The van der Waals surface area contributed by atoms with E-state index in [1.54, 1.807) is 6.20 Å². The van der Waals surface area contributed by atoms with E-state index in [0.29, 0.717) is 0 Å². The molecular weight excluding hydrogens is 252 g/mol. The van der Waals surface area contributed by atoms with Crippen LogP contribution in [0.2, 0.25) is 0 Å². The van der Waals surface area contributed by atoms with Crippen molar-refractivity contribution in [2.45, 2.75) is 25.9 Å². The number of hydrogen-bond acceptors (Lipinski definition) is 4. The zero-order chi connectivity index (χ0) is 13.9. The first-order chi connectivity index (χ1) is 9.79. The molecule has 0 bridgehead atoms. The van der Waals surface area contributed by atoms with Gasteiger partial charge in [0, 0.05) is 37.1 Å². The van der Waals surface area contributed by atoms with Crippen LogP contribution >= 0.6 is 0 Å². The van der Waals surface area contributed by atoms with E-state index in [2.05, 4.69) is 22.9 Å². The second-order valence-corrected chi connectivity index (χ2v) is 5.04. The van der Waals surface area contributed by atoms with E-state index in [-0.39, 0.29) is 12.1 Å². The Morgan fingerprint density at radius 3 is 3.10 bits per heavy atom. The largest absolute Gasteiger partial charge is 0.454 e. The van der Waals surface area contributed by atoms with Crippen LogP contribution in [0, 0.1) is 0 Å². The molecule has 0 radical (unpaired) electrons. The summed E-state index contributed by atoms with van der Waals surface area (Å²) in [5.41, 5.74) is 3.05. The van der Waals surface area contributed by atoms with E-state index in [4.69, 9.17) is 4.74 Å². The van der Waals surface area contributed by atoms with Crippen molar-refractivity contribution in [2.24, 2.45) is 4.99 Å². The molecule has 104 valence electrons. The zero-order valence-corrected chi connectivity index (χ0v) is 11.6. The van der Waals surface area contributed by atoms with E-state index in [9.17, 15) is 4.79 Å². The normalized spacial score (nSPS) is 20.1. The summed E-state index contributed by atoms with van der Waals surface area (Å²) in [6, 6.07) is 5.89. The van der Waals surface area contributed by atoms with Crippen LogP contribution in [0.1, 0.15) is 40.9 Å². The molecule has 4 nitrogen and oxygen atoms in total. The SMILES string of the molecule is CCc1cccc2c1C(CCN1C=CN=CC1)OC2=O. The van der Waals surface area contributed by atoms with Crippen molar-refractivity contribution < 1.29 is 9.53 Å². The van der Waals surface area contributed by atoms with Crippen molar-refractivity contribution in [2.75, 3.05) is 13.1 Å². The molecule has 0 aromatic heterocycles. The van der Waals surface area contributed by atoms with E-state index in [1.165, 1.54) is 5.56 Å². The first-order valence-corrected chi connectivity index (χ1v) is 7.04. The van der Waals surface area contributed by atoms with Gasteiger partial charge < -0.3 is 9.64 Å². The van der Waals surface area contributed by atoms with Crippen molar-refractivity contribution >= 4 is 12.2 Å². The Morgan fingerprint density at radius 2 is 2.35 bits per heavy atom. The summed E-state index contributed by atoms with van der Waals surface area (Å²) < 4.78 is 5.54. The smallest absolute Gasteiger partial charge is 0.339 e. The fourth-order valence-corrected chi connectivity index (χ4v) is 2.79. The number of aliphatic imine (C=N–C) groups is 1. The number of carbonyl (C=O) groups is 1. The third kappa shape index (κ3) is 2.33. The number of cyclic esters (lactones) is 1. The van der Waals surface area contributed by atoms with Crippen molar-refractivity contribution in [3.8, 4) is 0 Å². The maximum Gasteiger partial charge on any atom is 0.339 e. The van der Waals surface area contributed by atoms with Gasteiger partial charge in [0.1, 0.15) is 6.10 Å². The standard InChI is InChI=1S/C16H18N2O2/c1-2-12-4-3-5-13-15(12)14(20-16(13)19)6-9-18-10-7-17-8-11-18/h3-5,7-8,10,14H,2,6,9,11H2,1H3. The number of fused-ring (bicyclic) bond motifs is 1. The minimum atomic E-state index is -0.184. The molecule has 0 N–H and O–H groups in total. The highest BCUT2D eigenvalue weighted by Gasteiger charge is 2.32. The maximum absolute atomic E-state index is 11.9. The number of benzene rings is 1. The summed E-state index contributed by atoms with van der Waals surface area (Å²) in [5.74, 6) is -0.184. The van der Waals surface area contributed by atoms with Crippen LogP contribution in [0.25, 0.3) is 0 Å². The lowest BCUT2D eigenvalue weighted by Crippen LogP contribution is -2.24. The van der Waals surface area contributed by atoms with E-state index in [0.717, 1.165) is 37.1 Å². The van der Waals surface area contributed by atoms with E-state index >= 15 is 0 Å². The Kier molecular flexibility index (Phi) is 3.54. The van der Waals surface area contributed by atoms with Gasteiger partial charge in [-0.15, -0.1) is 0 Å². The van der Waals surface area contributed by atoms with Crippen molar-refractivity contribution in [3.05, 3.63) is 47.3 Å².